The zero-order valence-electron chi connectivity index (χ0n) is 17.8. The fourth-order valence-corrected chi connectivity index (χ4v) is 4.38. The molecule has 2 nitrogen and oxygen atoms in total. The summed E-state index contributed by atoms with van der Waals surface area (Å²) in [6, 6.07) is 15.1. The molecule has 0 radical (unpaired) electrons. The monoisotopic (exact) mass is 458 g/mol. The second kappa shape index (κ2) is 9.05. The van der Waals surface area contributed by atoms with Crippen LogP contribution in [0.15, 0.2) is 48.5 Å². The number of ether oxygens (including phenoxy) is 2. The first-order valence-electron chi connectivity index (χ1n) is 10.2. The highest BCUT2D eigenvalue weighted by atomic mass is 35.5. The minimum atomic E-state index is 0.478. The van der Waals surface area contributed by atoms with Gasteiger partial charge in [0.05, 0.1) is 13.2 Å². The Labute approximate surface area is 198 Å². The van der Waals surface area contributed by atoms with Gasteiger partial charge in [-0.3, -0.25) is 0 Å². The highest BCUT2D eigenvalue weighted by Gasteiger charge is 2.22. The van der Waals surface area contributed by atoms with E-state index in [2.05, 4.69) is 11.8 Å². The molecule has 0 aliphatic heterocycles. The van der Waals surface area contributed by atoms with Crippen LogP contribution in [0, 0.1) is 24.7 Å². The molecule has 0 spiro atoms. The molecule has 32 heavy (non-hydrogen) atoms. The summed E-state index contributed by atoms with van der Waals surface area (Å²) in [6.45, 7) is 4.83. The zero-order chi connectivity index (χ0) is 22.8. The molecule has 0 atom stereocenters. The van der Waals surface area contributed by atoms with E-state index in [-0.39, 0.29) is 0 Å². The maximum absolute atomic E-state index is 6.32. The van der Waals surface area contributed by atoms with E-state index in [0.29, 0.717) is 45.9 Å². The third-order valence-electron chi connectivity index (χ3n) is 5.29. The van der Waals surface area contributed by atoms with Crippen molar-refractivity contribution in [2.24, 2.45) is 0 Å². The van der Waals surface area contributed by atoms with Crippen LogP contribution in [0.5, 0.6) is 11.5 Å². The van der Waals surface area contributed by atoms with E-state index in [4.69, 9.17) is 45.5 Å². The van der Waals surface area contributed by atoms with Gasteiger partial charge in [-0.25, -0.2) is 0 Å². The first-order valence-corrected chi connectivity index (χ1v) is 11.0. The molecule has 0 aliphatic rings. The molecule has 4 aromatic carbocycles. The summed E-state index contributed by atoms with van der Waals surface area (Å²) < 4.78 is 12.2. The van der Waals surface area contributed by atoms with Gasteiger partial charge in [-0.15, -0.1) is 12.8 Å². The first-order chi connectivity index (χ1) is 15.5. The Bertz CT molecular complexity index is 1330. The maximum Gasteiger partial charge on any atom is 0.129 e. The van der Waals surface area contributed by atoms with Gasteiger partial charge in [0.2, 0.25) is 0 Å². The molecule has 4 aromatic rings. The molecule has 158 valence electrons. The minimum absolute atomic E-state index is 0.478. The van der Waals surface area contributed by atoms with Crippen molar-refractivity contribution in [2.45, 2.75) is 13.8 Å². The van der Waals surface area contributed by atoms with Gasteiger partial charge in [-0.2, -0.15) is 0 Å². The van der Waals surface area contributed by atoms with Crippen LogP contribution >= 0.6 is 23.2 Å². The topological polar surface area (TPSA) is 18.5 Å². The fourth-order valence-electron chi connectivity index (χ4n) is 4.04. The van der Waals surface area contributed by atoms with Crippen LogP contribution in [-0.2, 0) is 0 Å². The van der Waals surface area contributed by atoms with Crippen LogP contribution in [0.4, 0.5) is 0 Å². The lowest BCUT2D eigenvalue weighted by molar-refractivity contribution is 0.337. The van der Waals surface area contributed by atoms with Crippen molar-refractivity contribution < 1.29 is 9.47 Å². The van der Waals surface area contributed by atoms with Crippen LogP contribution < -0.4 is 9.47 Å². The molecule has 4 rings (SSSR count). The first kappa shape index (κ1) is 21.9. The van der Waals surface area contributed by atoms with E-state index in [9.17, 15) is 0 Å². The summed E-state index contributed by atoms with van der Waals surface area (Å²) in [6.07, 6.45) is 11.7. The third-order valence-corrected chi connectivity index (χ3v) is 5.76. The van der Waals surface area contributed by atoms with Gasteiger partial charge in [0.15, 0.2) is 0 Å². The van der Waals surface area contributed by atoms with Gasteiger partial charge >= 0.3 is 0 Å². The molecule has 0 saturated carbocycles. The minimum Gasteiger partial charge on any atom is -0.493 e. The lowest BCUT2D eigenvalue weighted by Gasteiger charge is -2.21. The van der Waals surface area contributed by atoms with Gasteiger partial charge < -0.3 is 9.47 Å². The predicted octanol–water partition coefficient (Wildman–Crippen LogP) is 7.73. The normalized spacial score (nSPS) is 10.7. The highest BCUT2D eigenvalue weighted by molar-refractivity contribution is 6.32. The van der Waals surface area contributed by atoms with E-state index < -0.39 is 0 Å². The predicted molar refractivity (Wildman–Crippen MR) is 135 cm³/mol. The number of halogens is 2. The second-order valence-corrected chi connectivity index (χ2v) is 8.00. The smallest absolute Gasteiger partial charge is 0.129 e. The summed E-state index contributed by atoms with van der Waals surface area (Å²) >= 11 is 12.6. The molecule has 0 bridgehead atoms. The van der Waals surface area contributed by atoms with Crippen molar-refractivity contribution in [3.05, 3.63) is 69.7 Å². The maximum atomic E-state index is 6.32. The summed E-state index contributed by atoms with van der Waals surface area (Å²) in [4.78, 5) is 0. The van der Waals surface area contributed by atoms with Crippen molar-refractivity contribution in [1.29, 1.82) is 0 Å². The van der Waals surface area contributed by atoms with Crippen LogP contribution in [0.25, 0.3) is 32.7 Å². The molecule has 4 heteroatoms. The van der Waals surface area contributed by atoms with Crippen molar-refractivity contribution in [1.82, 2.24) is 0 Å². The Morgan fingerprint density at radius 3 is 1.41 bits per heavy atom. The standard InChI is InChI=1S/C28H20Cl2O2/c1-5-17-13-25(31-7-3)27(21-11-9-19(29)15-23(17)21)28-22-12-10-20(30)16-24(22)18(6-2)14-26(28)32-8-4/h1-2,9-16H,7-8H2,3-4H3. The number of fused-ring (bicyclic) bond motifs is 2. The summed E-state index contributed by atoms with van der Waals surface area (Å²) in [5.41, 5.74) is 3.16. The van der Waals surface area contributed by atoms with Gasteiger partial charge in [0, 0.05) is 32.3 Å². The Hall–Kier alpha value is -3.30. The number of hydrogen-bond acceptors (Lipinski definition) is 2. The molecule has 0 unspecified atom stereocenters. The van der Waals surface area contributed by atoms with Crippen molar-refractivity contribution in [3.8, 4) is 47.3 Å². The number of benzene rings is 4. The molecule has 0 amide bonds. The number of terminal acetylenes is 2. The number of hydrogen-bond donors (Lipinski definition) is 0. The molecular weight excluding hydrogens is 439 g/mol. The molecule has 0 heterocycles. The molecule has 0 saturated heterocycles. The van der Waals surface area contributed by atoms with Gasteiger partial charge in [-0.1, -0.05) is 47.2 Å². The van der Waals surface area contributed by atoms with E-state index >= 15 is 0 Å². The van der Waals surface area contributed by atoms with Gasteiger partial charge in [0.25, 0.3) is 0 Å². The van der Waals surface area contributed by atoms with Crippen LogP contribution in [-0.4, -0.2) is 13.2 Å². The molecule has 0 aromatic heterocycles. The summed E-state index contributed by atoms with van der Waals surface area (Å²) in [7, 11) is 0. The molecule has 0 fully saturated rings. The Balaban J connectivity index is 2.25. The highest BCUT2D eigenvalue weighted by Crippen LogP contribution is 2.48. The lowest BCUT2D eigenvalue weighted by atomic mass is 9.89. The average Bonchev–Trinajstić information content (AvgIpc) is 2.79. The third kappa shape index (κ3) is 3.74. The van der Waals surface area contributed by atoms with Crippen LogP contribution in [0.1, 0.15) is 25.0 Å². The molecule has 0 N–H and O–H groups in total. The van der Waals surface area contributed by atoms with E-state index in [1.54, 1.807) is 0 Å². The number of rotatable bonds is 5. The van der Waals surface area contributed by atoms with Crippen molar-refractivity contribution >= 4 is 44.7 Å². The zero-order valence-corrected chi connectivity index (χ0v) is 19.3. The quantitative estimate of drug-likeness (QED) is 0.285. The largest absolute Gasteiger partial charge is 0.493 e. The van der Waals surface area contributed by atoms with E-state index in [1.807, 2.05) is 62.4 Å². The van der Waals surface area contributed by atoms with E-state index in [0.717, 1.165) is 32.7 Å². The Kier molecular flexibility index (Phi) is 6.20. The average molecular weight is 459 g/mol. The van der Waals surface area contributed by atoms with Crippen LogP contribution in [0.2, 0.25) is 10.0 Å². The lowest BCUT2D eigenvalue weighted by Crippen LogP contribution is -2.01. The Morgan fingerprint density at radius 2 is 1.06 bits per heavy atom. The van der Waals surface area contributed by atoms with E-state index in [1.165, 1.54) is 0 Å². The summed E-state index contributed by atoms with van der Waals surface area (Å²) in [5, 5.41) is 4.77. The van der Waals surface area contributed by atoms with Gasteiger partial charge in [0.1, 0.15) is 11.5 Å². The Morgan fingerprint density at radius 1 is 0.656 bits per heavy atom. The molecule has 0 aliphatic carbocycles. The van der Waals surface area contributed by atoms with Crippen molar-refractivity contribution in [3.63, 3.8) is 0 Å². The van der Waals surface area contributed by atoms with Crippen molar-refractivity contribution in [2.75, 3.05) is 13.2 Å². The van der Waals surface area contributed by atoms with Gasteiger partial charge in [-0.05, 0) is 71.8 Å². The van der Waals surface area contributed by atoms with Crippen LogP contribution in [0.3, 0.4) is 0 Å². The fraction of sp³-hybridized carbons (Fsp3) is 0.143. The summed E-state index contributed by atoms with van der Waals surface area (Å²) in [5.74, 6) is 6.86. The molecular formula is C28H20Cl2O2. The second-order valence-electron chi connectivity index (χ2n) is 7.13. The SMILES string of the molecule is C#Cc1cc(OCC)c(-c2c(OCC)cc(C#C)c3cc(Cl)ccc23)c2ccc(Cl)cc12.